The second-order valence-electron chi connectivity index (χ2n) is 7.07. The van der Waals surface area contributed by atoms with Crippen molar-refractivity contribution >= 4 is 11.8 Å². The van der Waals surface area contributed by atoms with Crippen molar-refractivity contribution in [2.24, 2.45) is 0 Å². The molecular weight excluding hydrogens is 318 g/mol. The Balaban J connectivity index is 1.62. The summed E-state index contributed by atoms with van der Waals surface area (Å²) in [6, 6.07) is 2.75. The van der Waals surface area contributed by atoms with Crippen molar-refractivity contribution in [2.75, 3.05) is 17.7 Å². The molecule has 1 heterocycles. The first kappa shape index (κ1) is 17.9. The molecule has 2 aliphatic rings. The lowest BCUT2D eigenvalue weighted by Gasteiger charge is -2.29. The molecule has 0 unspecified atom stereocenters. The number of hydrogen-bond donors (Lipinski definition) is 3. The Labute approximate surface area is 148 Å². The van der Waals surface area contributed by atoms with E-state index in [1.54, 1.807) is 13.3 Å². The third-order valence-corrected chi connectivity index (χ3v) is 5.29. The maximum absolute atomic E-state index is 9.63. The highest BCUT2D eigenvalue weighted by Crippen LogP contribution is 2.25. The molecule has 136 valence electrons. The number of anilines is 2. The molecule has 0 aromatic carbocycles. The summed E-state index contributed by atoms with van der Waals surface area (Å²) < 4.78 is 5.41. The highest BCUT2D eigenvalue weighted by atomic mass is 16.5. The van der Waals surface area contributed by atoms with E-state index in [-0.39, 0.29) is 12.1 Å². The van der Waals surface area contributed by atoms with Crippen LogP contribution < -0.4 is 10.6 Å². The fraction of sp³-hybridized carbons (Fsp3) is 0.722. The quantitative estimate of drug-likeness (QED) is 0.753. The van der Waals surface area contributed by atoms with Crippen molar-refractivity contribution < 1.29 is 9.84 Å². The van der Waals surface area contributed by atoms with Gasteiger partial charge in [-0.3, -0.25) is 0 Å². The molecule has 2 saturated carbocycles. The topological polar surface area (TPSA) is 103 Å². The minimum atomic E-state index is -0.196. The van der Waals surface area contributed by atoms with E-state index in [1.165, 1.54) is 0 Å². The van der Waals surface area contributed by atoms with Gasteiger partial charge in [0.05, 0.1) is 18.4 Å². The van der Waals surface area contributed by atoms with Crippen LogP contribution in [0.25, 0.3) is 0 Å². The lowest BCUT2D eigenvalue weighted by atomic mass is 9.93. The van der Waals surface area contributed by atoms with E-state index in [9.17, 15) is 10.4 Å². The summed E-state index contributed by atoms with van der Waals surface area (Å²) in [5.74, 6) is 1.16. The maximum Gasteiger partial charge on any atom is 0.224 e. The predicted molar refractivity (Wildman–Crippen MR) is 95.3 cm³/mol. The molecule has 7 heteroatoms. The number of methoxy groups -OCH3 is 1. The Morgan fingerprint density at radius 3 is 2.36 bits per heavy atom. The van der Waals surface area contributed by atoms with Gasteiger partial charge in [-0.15, -0.1) is 0 Å². The molecule has 0 atom stereocenters. The van der Waals surface area contributed by atoms with E-state index < -0.39 is 0 Å². The van der Waals surface area contributed by atoms with Gasteiger partial charge in [-0.2, -0.15) is 10.2 Å². The van der Waals surface area contributed by atoms with Crippen LogP contribution in [0, 0.1) is 11.3 Å². The molecule has 0 bridgehead atoms. The van der Waals surface area contributed by atoms with E-state index in [0.717, 1.165) is 51.4 Å². The molecule has 0 spiro atoms. The molecule has 1 aromatic rings. The highest BCUT2D eigenvalue weighted by Gasteiger charge is 2.23. The molecule has 0 amide bonds. The molecule has 0 saturated heterocycles. The molecule has 25 heavy (non-hydrogen) atoms. The Morgan fingerprint density at radius 1 is 1.08 bits per heavy atom. The van der Waals surface area contributed by atoms with Crippen molar-refractivity contribution in [1.82, 2.24) is 9.97 Å². The number of aromatic nitrogens is 2. The fourth-order valence-corrected chi connectivity index (χ4v) is 3.68. The van der Waals surface area contributed by atoms with Gasteiger partial charge < -0.3 is 20.5 Å². The monoisotopic (exact) mass is 345 g/mol. The minimum absolute atomic E-state index is 0.196. The number of aliphatic hydroxyl groups excluding tert-OH is 1. The first-order valence-corrected chi connectivity index (χ1v) is 9.19. The average molecular weight is 345 g/mol. The number of ether oxygens (including phenoxy) is 1. The summed E-state index contributed by atoms with van der Waals surface area (Å²) in [6.45, 7) is 0. The third-order valence-electron chi connectivity index (χ3n) is 5.29. The van der Waals surface area contributed by atoms with Gasteiger partial charge in [0.15, 0.2) is 0 Å². The van der Waals surface area contributed by atoms with Crippen LogP contribution in [0.2, 0.25) is 0 Å². The summed E-state index contributed by atoms with van der Waals surface area (Å²) in [5.41, 5.74) is 0.458. The lowest BCUT2D eigenvalue weighted by molar-refractivity contribution is 0.0681. The van der Waals surface area contributed by atoms with Crippen molar-refractivity contribution in [3.63, 3.8) is 0 Å². The van der Waals surface area contributed by atoms with Gasteiger partial charge in [0.2, 0.25) is 5.95 Å². The zero-order valence-electron chi connectivity index (χ0n) is 14.7. The molecular formula is C18H27N5O2. The minimum Gasteiger partial charge on any atom is -0.393 e. The van der Waals surface area contributed by atoms with Crippen LogP contribution >= 0.6 is 0 Å². The van der Waals surface area contributed by atoms with E-state index in [1.807, 2.05) is 0 Å². The van der Waals surface area contributed by atoms with Crippen LogP contribution in [0.15, 0.2) is 6.20 Å². The lowest BCUT2D eigenvalue weighted by Crippen LogP contribution is -2.31. The second kappa shape index (κ2) is 8.45. The Morgan fingerprint density at radius 2 is 1.72 bits per heavy atom. The molecule has 0 radical (unpaired) electrons. The number of nitriles is 1. The molecule has 2 fully saturated rings. The van der Waals surface area contributed by atoms with E-state index in [4.69, 9.17) is 4.74 Å². The largest absolute Gasteiger partial charge is 0.393 e. The van der Waals surface area contributed by atoms with Gasteiger partial charge in [-0.05, 0) is 51.4 Å². The third kappa shape index (κ3) is 4.80. The van der Waals surface area contributed by atoms with Gasteiger partial charge in [-0.25, -0.2) is 4.98 Å². The molecule has 0 aliphatic heterocycles. The van der Waals surface area contributed by atoms with Gasteiger partial charge in [0.25, 0.3) is 0 Å². The first-order valence-electron chi connectivity index (χ1n) is 9.19. The van der Waals surface area contributed by atoms with Crippen LogP contribution in [0.4, 0.5) is 11.8 Å². The molecule has 3 rings (SSSR count). The van der Waals surface area contributed by atoms with Crippen molar-refractivity contribution in [1.29, 1.82) is 5.26 Å². The number of aliphatic hydroxyl groups is 1. The van der Waals surface area contributed by atoms with Crippen LogP contribution in [-0.4, -0.2) is 46.5 Å². The average Bonchev–Trinajstić information content (AvgIpc) is 2.64. The maximum atomic E-state index is 9.63. The van der Waals surface area contributed by atoms with Crippen molar-refractivity contribution in [3.8, 4) is 6.07 Å². The summed E-state index contributed by atoms with van der Waals surface area (Å²) in [4.78, 5) is 8.83. The zero-order valence-corrected chi connectivity index (χ0v) is 14.7. The normalized spacial score (nSPS) is 29.6. The van der Waals surface area contributed by atoms with Crippen LogP contribution in [-0.2, 0) is 4.74 Å². The zero-order chi connectivity index (χ0) is 17.6. The van der Waals surface area contributed by atoms with E-state index in [0.29, 0.717) is 29.5 Å². The number of nitrogens with one attached hydrogen (secondary N) is 2. The summed E-state index contributed by atoms with van der Waals surface area (Å²) in [5, 5.41) is 25.7. The number of hydrogen-bond acceptors (Lipinski definition) is 7. The SMILES string of the molecule is COC1CCC(Nc2ncc(C#N)c(NC3CCC(O)CC3)n2)CC1. The van der Waals surface area contributed by atoms with Gasteiger partial charge in [0.1, 0.15) is 17.5 Å². The Hall–Kier alpha value is -1.91. The molecule has 7 nitrogen and oxygen atoms in total. The summed E-state index contributed by atoms with van der Waals surface area (Å²) in [6.07, 6.45) is 9.25. The van der Waals surface area contributed by atoms with Crippen molar-refractivity contribution in [3.05, 3.63) is 11.8 Å². The fourth-order valence-electron chi connectivity index (χ4n) is 3.68. The Kier molecular flexibility index (Phi) is 6.05. The number of rotatable bonds is 5. The predicted octanol–water partition coefficient (Wildman–Crippen LogP) is 2.43. The van der Waals surface area contributed by atoms with E-state index in [2.05, 4.69) is 26.7 Å². The standard InChI is InChI=1S/C18H27N5O2/c1-25-16-8-4-14(5-9-16)22-18-20-11-12(10-19)17(23-18)21-13-2-6-15(24)7-3-13/h11,13-16,24H,2-9H2,1H3,(H2,20,21,22,23). The first-order chi connectivity index (χ1) is 12.2. The van der Waals surface area contributed by atoms with Gasteiger partial charge >= 0.3 is 0 Å². The van der Waals surface area contributed by atoms with Crippen LogP contribution in [0.5, 0.6) is 0 Å². The molecule has 2 aliphatic carbocycles. The highest BCUT2D eigenvalue weighted by molar-refractivity contribution is 5.54. The van der Waals surface area contributed by atoms with Gasteiger partial charge in [-0.1, -0.05) is 0 Å². The van der Waals surface area contributed by atoms with Crippen LogP contribution in [0.3, 0.4) is 0 Å². The number of nitrogens with zero attached hydrogens (tertiary/aromatic N) is 3. The summed E-state index contributed by atoms with van der Waals surface area (Å²) >= 11 is 0. The van der Waals surface area contributed by atoms with Gasteiger partial charge in [0, 0.05) is 19.2 Å². The summed E-state index contributed by atoms with van der Waals surface area (Å²) in [7, 11) is 1.77. The second-order valence-corrected chi connectivity index (χ2v) is 7.07. The van der Waals surface area contributed by atoms with E-state index >= 15 is 0 Å². The molecule has 3 N–H and O–H groups in total. The molecule has 1 aromatic heterocycles. The Bertz CT molecular complexity index is 602. The van der Waals surface area contributed by atoms with Crippen molar-refractivity contribution in [2.45, 2.75) is 75.7 Å². The van der Waals surface area contributed by atoms with Crippen LogP contribution in [0.1, 0.15) is 56.9 Å². The smallest absolute Gasteiger partial charge is 0.224 e.